The fraction of sp³-hybridized carbons (Fsp3) is 0.308. The maximum Gasteiger partial charge on any atom is 0.322 e. The third-order valence-corrected chi connectivity index (χ3v) is 2.64. The first-order chi connectivity index (χ1) is 9.10. The number of nitrogens with one attached hydrogen (secondary N) is 1. The first kappa shape index (κ1) is 13.1. The Hall–Kier alpha value is -2.37. The lowest BCUT2D eigenvalue weighted by atomic mass is 10.0. The summed E-state index contributed by atoms with van der Waals surface area (Å²) >= 11 is 0. The molecule has 2 rings (SSSR count). The van der Waals surface area contributed by atoms with Crippen molar-refractivity contribution >= 4 is 17.6 Å². The number of anilines is 3. The molecule has 0 unspecified atom stereocenters. The summed E-state index contributed by atoms with van der Waals surface area (Å²) in [5, 5.41) is 3.15. The van der Waals surface area contributed by atoms with Gasteiger partial charge in [0, 0.05) is 5.69 Å². The number of hydrogen-bond donors (Lipinski definition) is 2. The minimum Gasteiger partial charge on any atom is -0.467 e. The summed E-state index contributed by atoms with van der Waals surface area (Å²) < 4.78 is 4.97. The van der Waals surface area contributed by atoms with Crippen LogP contribution in [0.15, 0.2) is 24.3 Å². The highest BCUT2D eigenvalue weighted by Gasteiger charge is 2.09. The Morgan fingerprint density at radius 1 is 1.16 bits per heavy atom. The molecular formula is C13H17N5O. The van der Waals surface area contributed by atoms with Crippen LogP contribution in [0.5, 0.6) is 6.01 Å². The standard InChI is InChI=1S/C13H17N5O/c1-8(2)9-6-4-5-7-10(9)15-12-16-11(14)17-13(18-12)19-3/h4-8H,1-3H3,(H3,14,15,16,17,18). The van der Waals surface area contributed by atoms with Crippen LogP contribution in [-0.2, 0) is 0 Å². The molecule has 0 aliphatic heterocycles. The van der Waals surface area contributed by atoms with Crippen molar-refractivity contribution in [2.45, 2.75) is 19.8 Å². The molecule has 0 aliphatic rings. The number of nitrogens with two attached hydrogens (primary N) is 1. The molecule has 6 nitrogen and oxygen atoms in total. The van der Waals surface area contributed by atoms with Gasteiger partial charge in [-0.15, -0.1) is 0 Å². The number of ether oxygens (including phenoxy) is 1. The molecule has 0 radical (unpaired) electrons. The second-order valence-electron chi connectivity index (χ2n) is 4.37. The molecular weight excluding hydrogens is 242 g/mol. The Bertz CT molecular complexity index is 571. The molecule has 0 saturated heterocycles. The Kier molecular flexibility index (Phi) is 3.79. The Labute approximate surface area is 112 Å². The van der Waals surface area contributed by atoms with E-state index in [1.807, 2.05) is 18.2 Å². The van der Waals surface area contributed by atoms with Gasteiger partial charge in [0.05, 0.1) is 7.11 Å². The lowest BCUT2D eigenvalue weighted by Gasteiger charge is -2.13. The zero-order valence-electron chi connectivity index (χ0n) is 11.2. The molecule has 0 bridgehead atoms. The predicted octanol–water partition coefficient (Wildman–Crippen LogP) is 2.33. The number of aromatic nitrogens is 3. The third-order valence-electron chi connectivity index (χ3n) is 2.64. The second kappa shape index (κ2) is 5.51. The van der Waals surface area contributed by atoms with E-state index in [9.17, 15) is 0 Å². The molecule has 0 aliphatic carbocycles. The summed E-state index contributed by atoms with van der Waals surface area (Å²) in [5.41, 5.74) is 7.73. The van der Waals surface area contributed by atoms with Gasteiger partial charge in [0.2, 0.25) is 11.9 Å². The maximum atomic E-state index is 5.60. The van der Waals surface area contributed by atoms with Gasteiger partial charge in [-0.2, -0.15) is 15.0 Å². The topological polar surface area (TPSA) is 86.0 Å². The zero-order valence-corrected chi connectivity index (χ0v) is 11.2. The number of nitrogens with zero attached hydrogens (tertiary/aromatic N) is 3. The average Bonchev–Trinajstić information content (AvgIpc) is 2.38. The molecule has 1 aromatic heterocycles. The van der Waals surface area contributed by atoms with Crippen LogP contribution in [0.25, 0.3) is 0 Å². The van der Waals surface area contributed by atoms with Gasteiger partial charge in [-0.05, 0) is 17.5 Å². The molecule has 19 heavy (non-hydrogen) atoms. The van der Waals surface area contributed by atoms with E-state index in [-0.39, 0.29) is 12.0 Å². The van der Waals surface area contributed by atoms with Crippen molar-refractivity contribution in [2.75, 3.05) is 18.2 Å². The summed E-state index contributed by atoms with van der Waals surface area (Å²) in [6, 6.07) is 8.19. The minimum atomic E-state index is 0.122. The second-order valence-corrected chi connectivity index (χ2v) is 4.37. The monoisotopic (exact) mass is 259 g/mol. The van der Waals surface area contributed by atoms with Crippen LogP contribution < -0.4 is 15.8 Å². The molecule has 0 atom stereocenters. The van der Waals surface area contributed by atoms with E-state index in [0.717, 1.165) is 5.69 Å². The van der Waals surface area contributed by atoms with Crippen molar-refractivity contribution in [1.29, 1.82) is 0 Å². The number of methoxy groups -OCH3 is 1. The highest BCUT2D eigenvalue weighted by Crippen LogP contribution is 2.26. The molecule has 0 fully saturated rings. The van der Waals surface area contributed by atoms with Crippen LogP contribution >= 0.6 is 0 Å². The zero-order chi connectivity index (χ0) is 13.8. The van der Waals surface area contributed by atoms with E-state index < -0.39 is 0 Å². The van der Waals surface area contributed by atoms with Crippen molar-refractivity contribution < 1.29 is 4.74 Å². The first-order valence-electron chi connectivity index (χ1n) is 6.01. The van der Waals surface area contributed by atoms with Crippen LogP contribution in [0, 0.1) is 0 Å². The van der Waals surface area contributed by atoms with Gasteiger partial charge >= 0.3 is 6.01 Å². The summed E-state index contributed by atoms with van der Waals surface area (Å²) in [5.74, 6) is 0.888. The largest absolute Gasteiger partial charge is 0.467 e. The summed E-state index contributed by atoms with van der Waals surface area (Å²) in [7, 11) is 1.49. The van der Waals surface area contributed by atoms with Crippen molar-refractivity contribution in [2.24, 2.45) is 0 Å². The van der Waals surface area contributed by atoms with E-state index in [2.05, 4.69) is 40.2 Å². The van der Waals surface area contributed by atoms with Gasteiger partial charge in [0.25, 0.3) is 0 Å². The van der Waals surface area contributed by atoms with E-state index in [1.165, 1.54) is 12.7 Å². The summed E-state index contributed by atoms with van der Waals surface area (Å²) in [6.07, 6.45) is 0. The number of para-hydroxylation sites is 1. The van der Waals surface area contributed by atoms with Crippen molar-refractivity contribution in [3.63, 3.8) is 0 Å². The number of rotatable bonds is 4. The number of nitrogen functional groups attached to an aromatic ring is 1. The summed E-state index contributed by atoms with van der Waals surface area (Å²) in [4.78, 5) is 12.0. The van der Waals surface area contributed by atoms with Gasteiger partial charge in [-0.25, -0.2) is 0 Å². The van der Waals surface area contributed by atoms with Crippen LogP contribution in [0.1, 0.15) is 25.3 Å². The Morgan fingerprint density at radius 2 is 1.89 bits per heavy atom. The molecule has 0 spiro atoms. The molecule has 1 heterocycles. The maximum absolute atomic E-state index is 5.60. The highest BCUT2D eigenvalue weighted by molar-refractivity contribution is 5.59. The summed E-state index contributed by atoms with van der Waals surface area (Å²) in [6.45, 7) is 4.26. The first-order valence-corrected chi connectivity index (χ1v) is 6.01. The third kappa shape index (κ3) is 3.09. The number of hydrogen-bond acceptors (Lipinski definition) is 6. The van der Waals surface area contributed by atoms with Crippen LogP contribution in [0.2, 0.25) is 0 Å². The van der Waals surface area contributed by atoms with Gasteiger partial charge in [0.1, 0.15) is 0 Å². The van der Waals surface area contributed by atoms with Crippen LogP contribution in [-0.4, -0.2) is 22.1 Å². The van der Waals surface area contributed by atoms with Crippen LogP contribution in [0.3, 0.4) is 0 Å². The Morgan fingerprint density at radius 3 is 2.58 bits per heavy atom. The normalized spacial score (nSPS) is 10.5. The molecule has 0 amide bonds. The number of benzene rings is 1. The smallest absolute Gasteiger partial charge is 0.322 e. The fourth-order valence-electron chi connectivity index (χ4n) is 1.75. The highest BCUT2D eigenvalue weighted by atomic mass is 16.5. The molecule has 3 N–H and O–H groups in total. The minimum absolute atomic E-state index is 0.122. The van der Waals surface area contributed by atoms with Gasteiger partial charge in [-0.1, -0.05) is 32.0 Å². The Balaban J connectivity index is 2.33. The molecule has 2 aromatic rings. The molecule has 0 saturated carbocycles. The SMILES string of the molecule is COc1nc(N)nc(Nc2ccccc2C(C)C)n1. The molecule has 100 valence electrons. The van der Waals surface area contributed by atoms with E-state index in [0.29, 0.717) is 11.9 Å². The van der Waals surface area contributed by atoms with Crippen molar-refractivity contribution in [3.8, 4) is 6.01 Å². The predicted molar refractivity (Wildman–Crippen MR) is 74.6 cm³/mol. The quantitative estimate of drug-likeness (QED) is 0.876. The van der Waals surface area contributed by atoms with Crippen molar-refractivity contribution in [3.05, 3.63) is 29.8 Å². The lowest BCUT2D eigenvalue weighted by molar-refractivity contribution is 0.380. The lowest BCUT2D eigenvalue weighted by Crippen LogP contribution is -2.06. The van der Waals surface area contributed by atoms with E-state index >= 15 is 0 Å². The van der Waals surface area contributed by atoms with Gasteiger partial charge < -0.3 is 15.8 Å². The van der Waals surface area contributed by atoms with Crippen molar-refractivity contribution in [1.82, 2.24) is 15.0 Å². The van der Waals surface area contributed by atoms with Gasteiger partial charge in [0.15, 0.2) is 0 Å². The van der Waals surface area contributed by atoms with E-state index in [4.69, 9.17) is 10.5 Å². The average molecular weight is 259 g/mol. The van der Waals surface area contributed by atoms with E-state index in [1.54, 1.807) is 0 Å². The van der Waals surface area contributed by atoms with Crippen LogP contribution in [0.4, 0.5) is 17.6 Å². The fourth-order valence-corrected chi connectivity index (χ4v) is 1.75. The molecule has 1 aromatic carbocycles. The van der Waals surface area contributed by atoms with Gasteiger partial charge in [-0.3, -0.25) is 0 Å². The molecule has 6 heteroatoms.